The Bertz CT molecular complexity index is 659. The number of likely N-dealkylation sites (N-methyl/N-ethyl adjacent to an activating group) is 1. The topological polar surface area (TPSA) is 42.3 Å². The lowest BCUT2D eigenvalue weighted by atomic mass is 9.97. The molecule has 1 N–H and O–H groups in total. The Kier molecular flexibility index (Phi) is 5.53. The van der Waals surface area contributed by atoms with Crippen LogP contribution in [0.5, 0.6) is 5.75 Å². The fourth-order valence-corrected chi connectivity index (χ4v) is 3.24. The molecule has 0 spiro atoms. The largest absolute Gasteiger partial charge is 0.497 e. The van der Waals surface area contributed by atoms with Gasteiger partial charge >= 0.3 is 0 Å². The van der Waals surface area contributed by atoms with E-state index in [-0.39, 0.29) is 0 Å². The first-order chi connectivity index (χ1) is 11.7. The third kappa shape index (κ3) is 3.97. The minimum absolute atomic E-state index is 0.549. The smallest absolute Gasteiger partial charge is 0.119 e. The Morgan fingerprint density at radius 1 is 1.29 bits per heavy atom. The van der Waals surface area contributed by atoms with Crippen molar-refractivity contribution in [3.05, 3.63) is 36.3 Å². The molecular weight excluding hydrogens is 300 g/mol. The first-order valence-corrected chi connectivity index (χ1v) is 8.74. The molecule has 0 atom stereocenters. The van der Waals surface area contributed by atoms with E-state index in [0.29, 0.717) is 5.92 Å². The van der Waals surface area contributed by atoms with E-state index in [1.54, 1.807) is 7.11 Å². The van der Waals surface area contributed by atoms with Crippen molar-refractivity contribution in [3.8, 4) is 17.0 Å². The Hall–Kier alpha value is -1.85. The molecule has 5 nitrogen and oxygen atoms in total. The summed E-state index contributed by atoms with van der Waals surface area (Å²) in [7, 11) is 5.93. The summed E-state index contributed by atoms with van der Waals surface area (Å²) in [4.78, 5) is 7.24. The van der Waals surface area contributed by atoms with Crippen LogP contribution in [0.15, 0.2) is 30.5 Å². The standard InChI is InChI=1S/C19H28N4O/c1-22(2)11-12-23-14-18(16-5-4-6-17(13-16)24-3)21-19(23)15-7-9-20-10-8-15/h4-6,13-15,20H,7-12H2,1-3H3. The van der Waals surface area contributed by atoms with Crippen LogP contribution < -0.4 is 10.1 Å². The molecule has 1 saturated heterocycles. The van der Waals surface area contributed by atoms with Gasteiger partial charge in [-0.3, -0.25) is 0 Å². The zero-order valence-electron chi connectivity index (χ0n) is 15.0. The fourth-order valence-electron chi connectivity index (χ4n) is 3.24. The lowest BCUT2D eigenvalue weighted by molar-refractivity contribution is 0.369. The zero-order valence-corrected chi connectivity index (χ0v) is 15.0. The van der Waals surface area contributed by atoms with E-state index in [2.05, 4.69) is 47.2 Å². The highest BCUT2D eigenvalue weighted by atomic mass is 16.5. The molecule has 1 aromatic heterocycles. The number of hydrogen-bond acceptors (Lipinski definition) is 4. The predicted molar refractivity (Wildman–Crippen MR) is 97.6 cm³/mol. The normalized spacial score (nSPS) is 15.8. The summed E-state index contributed by atoms with van der Waals surface area (Å²) in [5.41, 5.74) is 2.16. The molecule has 130 valence electrons. The van der Waals surface area contributed by atoms with Gasteiger partial charge in [0.1, 0.15) is 11.6 Å². The maximum absolute atomic E-state index is 5.36. The van der Waals surface area contributed by atoms with Crippen molar-refractivity contribution in [3.63, 3.8) is 0 Å². The summed E-state index contributed by atoms with van der Waals surface area (Å²) < 4.78 is 7.71. The van der Waals surface area contributed by atoms with E-state index in [9.17, 15) is 0 Å². The molecule has 0 amide bonds. The maximum Gasteiger partial charge on any atom is 0.119 e. The first-order valence-electron chi connectivity index (χ1n) is 8.74. The van der Waals surface area contributed by atoms with Crippen molar-refractivity contribution in [1.29, 1.82) is 0 Å². The minimum atomic E-state index is 0.549. The van der Waals surface area contributed by atoms with Crippen LogP contribution in [0, 0.1) is 0 Å². The van der Waals surface area contributed by atoms with Crippen LogP contribution >= 0.6 is 0 Å². The Morgan fingerprint density at radius 2 is 2.08 bits per heavy atom. The Morgan fingerprint density at radius 3 is 2.79 bits per heavy atom. The van der Waals surface area contributed by atoms with E-state index in [1.165, 1.54) is 5.82 Å². The second-order valence-corrected chi connectivity index (χ2v) is 6.74. The first kappa shape index (κ1) is 17.0. The highest BCUT2D eigenvalue weighted by molar-refractivity contribution is 5.61. The Balaban J connectivity index is 1.91. The van der Waals surface area contributed by atoms with E-state index >= 15 is 0 Å². The summed E-state index contributed by atoms with van der Waals surface area (Å²) in [5, 5.41) is 3.45. The fraction of sp³-hybridized carbons (Fsp3) is 0.526. The predicted octanol–water partition coefficient (Wildman–Crippen LogP) is 2.59. The van der Waals surface area contributed by atoms with Gasteiger partial charge in [0, 0.05) is 30.8 Å². The van der Waals surface area contributed by atoms with Gasteiger partial charge in [-0.15, -0.1) is 0 Å². The number of hydrogen-bond donors (Lipinski definition) is 1. The quantitative estimate of drug-likeness (QED) is 0.885. The lowest BCUT2D eigenvalue weighted by Crippen LogP contribution is -2.28. The van der Waals surface area contributed by atoms with Crippen molar-refractivity contribution in [2.75, 3.05) is 40.8 Å². The third-order valence-electron chi connectivity index (χ3n) is 4.67. The van der Waals surface area contributed by atoms with Gasteiger partial charge in [0.25, 0.3) is 0 Å². The molecule has 0 radical (unpaired) electrons. The highest BCUT2D eigenvalue weighted by Crippen LogP contribution is 2.29. The van der Waals surface area contributed by atoms with Crippen LogP contribution in [0.4, 0.5) is 0 Å². The highest BCUT2D eigenvalue weighted by Gasteiger charge is 2.21. The van der Waals surface area contributed by atoms with Gasteiger partial charge in [-0.05, 0) is 52.2 Å². The molecule has 24 heavy (non-hydrogen) atoms. The lowest BCUT2D eigenvalue weighted by Gasteiger charge is -2.23. The molecule has 3 rings (SSSR count). The molecule has 2 heterocycles. The van der Waals surface area contributed by atoms with Gasteiger partial charge in [0.2, 0.25) is 0 Å². The number of benzene rings is 1. The third-order valence-corrected chi connectivity index (χ3v) is 4.67. The van der Waals surface area contributed by atoms with Crippen LogP contribution in [0.3, 0.4) is 0 Å². The van der Waals surface area contributed by atoms with Crippen LogP contribution in [0.25, 0.3) is 11.3 Å². The van der Waals surface area contributed by atoms with E-state index in [4.69, 9.17) is 9.72 Å². The second kappa shape index (κ2) is 7.81. The minimum Gasteiger partial charge on any atom is -0.497 e. The van der Waals surface area contributed by atoms with Crippen molar-refractivity contribution in [2.45, 2.75) is 25.3 Å². The summed E-state index contributed by atoms with van der Waals surface area (Å²) in [5.74, 6) is 2.66. The van der Waals surface area contributed by atoms with Gasteiger partial charge in [0.15, 0.2) is 0 Å². The van der Waals surface area contributed by atoms with Crippen LogP contribution in [0.1, 0.15) is 24.6 Å². The molecule has 0 saturated carbocycles. The molecule has 0 bridgehead atoms. The number of ether oxygens (including phenoxy) is 1. The number of rotatable bonds is 6. The van der Waals surface area contributed by atoms with Gasteiger partial charge < -0.3 is 19.5 Å². The monoisotopic (exact) mass is 328 g/mol. The number of nitrogens with one attached hydrogen (secondary N) is 1. The molecule has 1 aliphatic heterocycles. The summed E-state index contributed by atoms with van der Waals surface area (Å²) >= 11 is 0. The number of aromatic nitrogens is 2. The van der Waals surface area contributed by atoms with Crippen molar-refractivity contribution < 1.29 is 4.74 Å². The summed E-state index contributed by atoms with van der Waals surface area (Å²) in [6.45, 7) is 4.16. The molecular formula is C19H28N4O. The average Bonchev–Trinajstić information content (AvgIpc) is 3.05. The molecule has 1 aromatic carbocycles. The van der Waals surface area contributed by atoms with Gasteiger partial charge in [-0.25, -0.2) is 4.98 Å². The molecule has 2 aromatic rings. The second-order valence-electron chi connectivity index (χ2n) is 6.74. The summed E-state index contributed by atoms with van der Waals surface area (Å²) in [6.07, 6.45) is 4.53. The zero-order chi connectivity index (χ0) is 16.9. The number of nitrogens with zero attached hydrogens (tertiary/aromatic N) is 3. The van der Waals surface area contributed by atoms with Gasteiger partial charge in [-0.2, -0.15) is 0 Å². The average molecular weight is 328 g/mol. The van der Waals surface area contributed by atoms with Crippen molar-refractivity contribution >= 4 is 0 Å². The van der Waals surface area contributed by atoms with Crippen molar-refractivity contribution in [1.82, 2.24) is 19.8 Å². The molecule has 1 aliphatic rings. The molecule has 0 aliphatic carbocycles. The van der Waals surface area contributed by atoms with Crippen LogP contribution in [0.2, 0.25) is 0 Å². The molecule has 0 unspecified atom stereocenters. The maximum atomic E-state index is 5.36. The molecule has 1 fully saturated rings. The Labute approximate surface area is 144 Å². The van der Waals surface area contributed by atoms with E-state index in [0.717, 1.165) is 56.0 Å². The number of piperidine rings is 1. The molecule has 5 heteroatoms. The van der Waals surface area contributed by atoms with E-state index in [1.807, 2.05) is 12.1 Å². The van der Waals surface area contributed by atoms with Crippen LogP contribution in [-0.2, 0) is 6.54 Å². The van der Waals surface area contributed by atoms with Crippen LogP contribution in [-0.4, -0.2) is 55.3 Å². The van der Waals surface area contributed by atoms with E-state index < -0.39 is 0 Å². The number of imidazole rings is 1. The van der Waals surface area contributed by atoms with Gasteiger partial charge in [-0.1, -0.05) is 12.1 Å². The van der Waals surface area contributed by atoms with Gasteiger partial charge in [0.05, 0.1) is 12.8 Å². The summed E-state index contributed by atoms with van der Waals surface area (Å²) in [6, 6.07) is 8.16. The SMILES string of the molecule is COc1cccc(-c2cn(CCN(C)C)c(C3CCNCC3)n2)c1. The number of methoxy groups -OCH3 is 1. The van der Waals surface area contributed by atoms with Crippen molar-refractivity contribution in [2.24, 2.45) is 0 Å².